The largest absolute Gasteiger partial charge is 0.394 e. The summed E-state index contributed by atoms with van der Waals surface area (Å²) in [6.45, 7) is 4.36. The number of nitrogens with one attached hydrogen (secondary N) is 1. The fourth-order valence-electron chi connectivity index (χ4n) is 9.18. The summed E-state index contributed by atoms with van der Waals surface area (Å²) in [5.41, 5.74) is 0. The number of carbonyl (C=O) groups excluding carboxylic acids is 1. The van der Waals surface area contributed by atoms with Crippen molar-refractivity contribution < 1.29 is 15.0 Å². The zero-order valence-corrected chi connectivity index (χ0v) is 42.0. The summed E-state index contributed by atoms with van der Waals surface area (Å²) >= 11 is 0. The van der Waals surface area contributed by atoms with Gasteiger partial charge in [-0.05, 0) is 19.3 Å². The molecular weight excluding hydrogens is 747 g/mol. The van der Waals surface area contributed by atoms with Gasteiger partial charge in [0.05, 0.1) is 18.8 Å². The topological polar surface area (TPSA) is 69.6 Å². The normalized spacial score (nSPS) is 12.8. The minimum Gasteiger partial charge on any atom is -0.394 e. The maximum Gasteiger partial charge on any atom is 0.220 e. The van der Waals surface area contributed by atoms with Crippen molar-refractivity contribution in [2.75, 3.05) is 6.61 Å². The number of hydrogen-bond donors (Lipinski definition) is 3. The highest BCUT2D eigenvalue weighted by Gasteiger charge is 2.18. The summed E-state index contributed by atoms with van der Waals surface area (Å²) in [4.78, 5) is 12.5. The van der Waals surface area contributed by atoms with Gasteiger partial charge < -0.3 is 15.5 Å². The Morgan fingerprint density at radius 3 is 0.852 bits per heavy atom. The summed E-state index contributed by atoms with van der Waals surface area (Å²) in [6.07, 6.45) is 69.5. The van der Waals surface area contributed by atoms with Gasteiger partial charge in [0.15, 0.2) is 0 Å². The Balaban J connectivity index is 3.45. The van der Waals surface area contributed by atoms with E-state index in [0.717, 1.165) is 25.7 Å². The first kappa shape index (κ1) is 60.1. The van der Waals surface area contributed by atoms with Crippen molar-refractivity contribution in [2.24, 2.45) is 0 Å². The van der Waals surface area contributed by atoms with Crippen LogP contribution in [0.15, 0.2) is 12.2 Å². The monoisotopic (exact) mass is 860 g/mol. The van der Waals surface area contributed by atoms with E-state index < -0.39 is 12.1 Å². The van der Waals surface area contributed by atoms with Crippen molar-refractivity contribution in [1.82, 2.24) is 5.32 Å². The fourth-order valence-corrected chi connectivity index (χ4v) is 9.18. The van der Waals surface area contributed by atoms with E-state index in [4.69, 9.17) is 0 Å². The molecule has 0 heterocycles. The molecule has 0 saturated carbocycles. The molecule has 61 heavy (non-hydrogen) atoms. The lowest BCUT2D eigenvalue weighted by Gasteiger charge is -2.20. The van der Waals surface area contributed by atoms with Gasteiger partial charge in [0.25, 0.3) is 0 Å². The quantitative estimate of drug-likeness (QED) is 0.0421. The van der Waals surface area contributed by atoms with Gasteiger partial charge in [0, 0.05) is 6.42 Å². The highest BCUT2D eigenvalue weighted by molar-refractivity contribution is 5.76. The zero-order valence-electron chi connectivity index (χ0n) is 42.0. The molecule has 0 bridgehead atoms. The molecule has 0 aromatic rings. The Morgan fingerprint density at radius 1 is 0.377 bits per heavy atom. The average Bonchev–Trinajstić information content (AvgIpc) is 3.26. The molecule has 0 fully saturated rings. The van der Waals surface area contributed by atoms with Crippen molar-refractivity contribution >= 4 is 5.91 Å². The molecule has 0 aromatic heterocycles. The average molecular weight is 861 g/mol. The summed E-state index contributed by atoms with van der Waals surface area (Å²) in [6, 6.07) is -0.618. The summed E-state index contributed by atoms with van der Waals surface area (Å²) in [5.74, 6) is -0.0555. The third-order valence-corrected chi connectivity index (χ3v) is 13.5. The van der Waals surface area contributed by atoms with Crippen LogP contribution in [0.4, 0.5) is 0 Å². The molecule has 0 aliphatic heterocycles. The number of aliphatic hydroxyl groups excluding tert-OH is 2. The minimum atomic E-state index is -0.835. The molecule has 0 radical (unpaired) electrons. The standard InChI is InChI=1S/C57H113NO3/c1-3-5-7-9-11-13-15-17-19-21-23-25-27-28-29-31-32-34-36-38-40-42-44-46-48-50-52-56(60)55(54-59)58-57(61)53-51-49-47-45-43-41-39-37-35-33-30-26-24-22-20-18-16-14-12-10-8-6-4-2/h50,52,55-56,59-60H,3-49,51,53-54H2,1-2H3,(H,58,61)/b52-50+. The highest BCUT2D eigenvalue weighted by Crippen LogP contribution is 2.18. The van der Waals surface area contributed by atoms with Crippen LogP contribution in [0, 0.1) is 0 Å². The minimum absolute atomic E-state index is 0.0555. The molecule has 0 aliphatic carbocycles. The molecule has 0 spiro atoms. The van der Waals surface area contributed by atoms with Crippen LogP contribution in [0.2, 0.25) is 0 Å². The Bertz CT molecular complexity index is 844. The number of hydrogen-bond acceptors (Lipinski definition) is 3. The third kappa shape index (κ3) is 50.0. The predicted octanol–water partition coefficient (Wildman–Crippen LogP) is 18.5. The molecule has 0 rings (SSSR count). The van der Waals surface area contributed by atoms with E-state index in [0.29, 0.717) is 6.42 Å². The maximum absolute atomic E-state index is 12.5. The lowest BCUT2D eigenvalue weighted by molar-refractivity contribution is -0.123. The van der Waals surface area contributed by atoms with Gasteiger partial charge in [-0.25, -0.2) is 0 Å². The fraction of sp³-hybridized carbons (Fsp3) is 0.947. The molecule has 0 saturated heterocycles. The van der Waals surface area contributed by atoms with E-state index in [9.17, 15) is 15.0 Å². The van der Waals surface area contributed by atoms with E-state index >= 15 is 0 Å². The van der Waals surface area contributed by atoms with Gasteiger partial charge in [0.2, 0.25) is 5.91 Å². The van der Waals surface area contributed by atoms with E-state index in [1.165, 1.54) is 283 Å². The van der Waals surface area contributed by atoms with Gasteiger partial charge in [-0.1, -0.05) is 315 Å². The summed E-state index contributed by atoms with van der Waals surface area (Å²) in [5, 5.41) is 23.2. The van der Waals surface area contributed by atoms with Crippen molar-refractivity contribution in [2.45, 2.75) is 341 Å². The molecule has 4 heteroatoms. The Morgan fingerprint density at radius 2 is 0.607 bits per heavy atom. The SMILES string of the molecule is CCCCCCCCCCCCCCCCCCCCCCCCCC/C=C/C(O)C(CO)NC(=O)CCCCCCCCCCCCCCCCCCCCCCCCC. The molecule has 364 valence electrons. The van der Waals surface area contributed by atoms with E-state index in [1.807, 2.05) is 6.08 Å². The van der Waals surface area contributed by atoms with Gasteiger partial charge >= 0.3 is 0 Å². The Kier molecular flexibility index (Phi) is 52.7. The lowest BCUT2D eigenvalue weighted by atomic mass is 10.0. The van der Waals surface area contributed by atoms with Gasteiger partial charge in [0.1, 0.15) is 0 Å². The van der Waals surface area contributed by atoms with Crippen LogP contribution >= 0.6 is 0 Å². The predicted molar refractivity (Wildman–Crippen MR) is 272 cm³/mol. The molecule has 0 aromatic carbocycles. The zero-order chi connectivity index (χ0) is 44.2. The number of carbonyl (C=O) groups is 1. The van der Waals surface area contributed by atoms with Crippen LogP contribution in [-0.4, -0.2) is 34.9 Å². The van der Waals surface area contributed by atoms with E-state index in [2.05, 4.69) is 19.2 Å². The second kappa shape index (κ2) is 53.5. The summed E-state index contributed by atoms with van der Waals surface area (Å²) < 4.78 is 0. The lowest BCUT2D eigenvalue weighted by Crippen LogP contribution is -2.45. The molecule has 4 nitrogen and oxygen atoms in total. The molecule has 1 amide bonds. The number of aliphatic hydroxyl groups is 2. The van der Waals surface area contributed by atoms with E-state index in [1.54, 1.807) is 6.08 Å². The first-order chi connectivity index (χ1) is 30.2. The van der Waals surface area contributed by atoms with Gasteiger partial charge in [-0.3, -0.25) is 4.79 Å². The van der Waals surface area contributed by atoms with Crippen LogP contribution in [0.5, 0.6) is 0 Å². The van der Waals surface area contributed by atoms with E-state index in [-0.39, 0.29) is 12.5 Å². The molecular formula is C57H113NO3. The van der Waals surface area contributed by atoms with Crippen molar-refractivity contribution in [3.8, 4) is 0 Å². The third-order valence-electron chi connectivity index (χ3n) is 13.5. The molecule has 3 N–H and O–H groups in total. The van der Waals surface area contributed by atoms with Crippen molar-refractivity contribution in [1.29, 1.82) is 0 Å². The van der Waals surface area contributed by atoms with Crippen LogP contribution in [-0.2, 0) is 4.79 Å². The molecule has 2 atom stereocenters. The second-order valence-corrected chi connectivity index (χ2v) is 19.7. The van der Waals surface area contributed by atoms with Crippen LogP contribution in [0.1, 0.15) is 328 Å². The number of unbranched alkanes of at least 4 members (excludes halogenated alkanes) is 46. The van der Waals surface area contributed by atoms with Gasteiger partial charge in [-0.2, -0.15) is 0 Å². The second-order valence-electron chi connectivity index (χ2n) is 19.7. The highest BCUT2D eigenvalue weighted by atomic mass is 16.3. The Hall–Kier alpha value is -0.870. The Labute approximate surface area is 384 Å². The molecule has 2 unspecified atom stereocenters. The van der Waals surface area contributed by atoms with Crippen molar-refractivity contribution in [3.05, 3.63) is 12.2 Å². The van der Waals surface area contributed by atoms with Crippen LogP contribution < -0.4 is 5.32 Å². The smallest absolute Gasteiger partial charge is 0.220 e. The summed E-state index contributed by atoms with van der Waals surface area (Å²) in [7, 11) is 0. The van der Waals surface area contributed by atoms with Crippen LogP contribution in [0.3, 0.4) is 0 Å². The van der Waals surface area contributed by atoms with Crippen LogP contribution in [0.25, 0.3) is 0 Å². The first-order valence-electron chi connectivity index (χ1n) is 28.4. The number of allylic oxidation sites excluding steroid dienone is 1. The number of rotatable bonds is 53. The number of amides is 1. The first-order valence-corrected chi connectivity index (χ1v) is 28.4. The maximum atomic E-state index is 12.5. The van der Waals surface area contributed by atoms with Gasteiger partial charge in [-0.15, -0.1) is 0 Å². The van der Waals surface area contributed by atoms with Crippen molar-refractivity contribution in [3.63, 3.8) is 0 Å². The molecule has 0 aliphatic rings.